The third-order valence-corrected chi connectivity index (χ3v) is 6.41. The first-order valence-corrected chi connectivity index (χ1v) is 10.0. The largest absolute Gasteiger partial charge is 0.489 e. The lowest BCUT2D eigenvalue weighted by molar-refractivity contribution is -0.143. The fraction of sp³-hybridized carbons (Fsp3) is 0.316. The summed E-state index contributed by atoms with van der Waals surface area (Å²) in [5.74, 6) is -0.748. The van der Waals surface area contributed by atoms with Gasteiger partial charge in [0, 0.05) is 13.0 Å². The molecule has 1 fully saturated rings. The van der Waals surface area contributed by atoms with Crippen LogP contribution in [0.5, 0.6) is 5.75 Å². The van der Waals surface area contributed by atoms with Gasteiger partial charge in [-0.1, -0.05) is 30.3 Å². The molecule has 0 aromatic heterocycles. The Morgan fingerprint density at radius 3 is 2.41 bits per heavy atom. The summed E-state index contributed by atoms with van der Waals surface area (Å²) in [7, 11) is -3.98. The molecule has 27 heavy (non-hydrogen) atoms. The molecule has 2 N–H and O–H groups in total. The van der Waals surface area contributed by atoms with Gasteiger partial charge in [0.05, 0.1) is 11.0 Å². The number of aliphatic hydroxyl groups is 1. The van der Waals surface area contributed by atoms with Crippen LogP contribution in [0.15, 0.2) is 59.5 Å². The van der Waals surface area contributed by atoms with Crippen LogP contribution in [-0.2, 0) is 21.4 Å². The Kier molecular flexibility index (Phi) is 5.79. The van der Waals surface area contributed by atoms with Crippen LogP contribution in [0, 0.1) is 0 Å². The topological polar surface area (TPSA) is 104 Å². The van der Waals surface area contributed by atoms with E-state index in [0.29, 0.717) is 12.4 Å². The highest BCUT2D eigenvalue weighted by atomic mass is 32.2. The van der Waals surface area contributed by atoms with Gasteiger partial charge in [-0.05, 0) is 36.2 Å². The van der Waals surface area contributed by atoms with Crippen molar-refractivity contribution >= 4 is 16.0 Å². The van der Waals surface area contributed by atoms with Gasteiger partial charge < -0.3 is 14.9 Å². The number of hydrogen-bond acceptors (Lipinski definition) is 5. The molecule has 8 heteroatoms. The van der Waals surface area contributed by atoms with Crippen LogP contribution in [0.25, 0.3) is 0 Å². The molecule has 3 rings (SSSR count). The molecule has 0 bridgehead atoms. The van der Waals surface area contributed by atoms with Gasteiger partial charge in [-0.2, -0.15) is 4.31 Å². The highest BCUT2D eigenvalue weighted by molar-refractivity contribution is 7.89. The maximum Gasteiger partial charge on any atom is 0.322 e. The van der Waals surface area contributed by atoms with Crippen molar-refractivity contribution in [3.8, 4) is 5.75 Å². The molecule has 2 atom stereocenters. The van der Waals surface area contributed by atoms with Gasteiger partial charge in [0.2, 0.25) is 10.0 Å². The van der Waals surface area contributed by atoms with Crippen molar-refractivity contribution in [2.75, 3.05) is 6.54 Å². The Bertz CT molecular complexity index is 882. The van der Waals surface area contributed by atoms with E-state index in [0.717, 1.165) is 9.87 Å². The molecule has 0 amide bonds. The minimum Gasteiger partial charge on any atom is -0.489 e. The highest BCUT2D eigenvalue weighted by Crippen LogP contribution is 2.27. The SMILES string of the molecule is O=C(O)C1CC(O)CCN1S(=O)(=O)c1ccc(OCc2ccccc2)cc1. The zero-order valence-electron chi connectivity index (χ0n) is 14.6. The molecule has 1 aliphatic heterocycles. The van der Waals surface area contributed by atoms with Crippen molar-refractivity contribution in [1.82, 2.24) is 4.31 Å². The number of sulfonamides is 1. The first-order valence-electron chi connectivity index (χ1n) is 8.57. The summed E-state index contributed by atoms with van der Waals surface area (Å²) in [6.45, 7) is 0.324. The Labute approximate surface area is 157 Å². The second kappa shape index (κ2) is 8.08. The number of hydrogen-bond donors (Lipinski definition) is 2. The molecular weight excluding hydrogens is 370 g/mol. The van der Waals surface area contributed by atoms with E-state index in [2.05, 4.69) is 0 Å². The summed E-state index contributed by atoms with van der Waals surface area (Å²) in [5, 5.41) is 19.0. The number of aliphatic hydroxyl groups excluding tert-OH is 1. The molecule has 0 saturated carbocycles. The van der Waals surface area contributed by atoms with Crippen LogP contribution < -0.4 is 4.74 Å². The smallest absolute Gasteiger partial charge is 0.322 e. The van der Waals surface area contributed by atoms with Crippen molar-refractivity contribution in [3.63, 3.8) is 0 Å². The number of piperidine rings is 1. The summed E-state index contributed by atoms with van der Waals surface area (Å²) in [6, 6.07) is 14.2. The lowest BCUT2D eigenvalue weighted by atomic mass is 10.0. The van der Waals surface area contributed by atoms with Gasteiger partial charge >= 0.3 is 5.97 Å². The second-order valence-electron chi connectivity index (χ2n) is 6.39. The predicted molar refractivity (Wildman–Crippen MR) is 97.8 cm³/mol. The van der Waals surface area contributed by atoms with Crippen LogP contribution in [-0.4, -0.2) is 47.6 Å². The number of benzene rings is 2. The molecule has 0 aliphatic carbocycles. The van der Waals surface area contributed by atoms with Crippen molar-refractivity contribution < 1.29 is 28.2 Å². The number of carboxylic acid groups (broad SMARTS) is 1. The van der Waals surface area contributed by atoms with E-state index in [4.69, 9.17) is 4.74 Å². The summed E-state index contributed by atoms with van der Waals surface area (Å²) in [6.07, 6.45) is -0.722. The first kappa shape index (κ1) is 19.3. The van der Waals surface area contributed by atoms with E-state index in [1.165, 1.54) is 12.1 Å². The van der Waals surface area contributed by atoms with E-state index in [9.17, 15) is 23.4 Å². The van der Waals surface area contributed by atoms with Crippen LogP contribution in [0.2, 0.25) is 0 Å². The Hall–Kier alpha value is -2.42. The minimum atomic E-state index is -3.98. The third-order valence-electron chi connectivity index (χ3n) is 4.49. The predicted octanol–water partition coefficient (Wildman–Crippen LogP) is 1.86. The molecule has 2 aromatic carbocycles. The molecule has 0 radical (unpaired) electrons. The molecule has 2 aromatic rings. The quantitative estimate of drug-likeness (QED) is 0.779. The van der Waals surface area contributed by atoms with Crippen LogP contribution >= 0.6 is 0 Å². The average Bonchev–Trinajstić information content (AvgIpc) is 2.67. The number of aliphatic carboxylic acids is 1. The minimum absolute atomic E-state index is 0.00259. The number of rotatable bonds is 6. The zero-order valence-corrected chi connectivity index (χ0v) is 15.4. The van der Waals surface area contributed by atoms with Gasteiger partial charge in [0.15, 0.2) is 0 Å². The van der Waals surface area contributed by atoms with Crippen LogP contribution in [0.4, 0.5) is 0 Å². The van der Waals surface area contributed by atoms with Crippen LogP contribution in [0.1, 0.15) is 18.4 Å². The van der Waals surface area contributed by atoms with Gasteiger partial charge in [0.1, 0.15) is 18.4 Å². The van der Waals surface area contributed by atoms with E-state index < -0.39 is 28.1 Å². The highest BCUT2D eigenvalue weighted by Gasteiger charge is 2.40. The standard InChI is InChI=1S/C19H21NO6S/c21-15-10-11-20(18(12-15)19(22)23)27(24,25)17-8-6-16(7-9-17)26-13-14-4-2-1-3-5-14/h1-9,15,18,21H,10-13H2,(H,22,23). The second-order valence-corrected chi connectivity index (χ2v) is 8.28. The van der Waals surface area contributed by atoms with Crippen molar-refractivity contribution in [2.24, 2.45) is 0 Å². The number of nitrogens with zero attached hydrogens (tertiary/aromatic N) is 1. The third kappa shape index (κ3) is 4.47. The first-order chi connectivity index (χ1) is 12.9. The molecule has 144 valence electrons. The van der Waals surface area contributed by atoms with Gasteiger partial charge in [0.25, 0.3) is 0 Å². The Morgan fingerprint density at radius 2 is 1.78 bits per heavy atom. The van der Waals surface area contributed by atoms with Gasteiger partial charge in [-0.25, -0.2) is 8.42 Å². The van der Waals surface area contributed by atoms with Gasteiger partial charge in [-0.3, -0.25) is 4.79 Å². The zero-order chi connectivity index (χ0) is 19.4. The van der Waals surface area contributed by atoms with E-state index in [-0.39, 0.29) is 24.3 Å². The maximum atomic E-state index is 12.8. The molecular formula is C19H21NO6S. The Balaban J connectivity index is 1.74. The lowest BCUT2D eigenvalue weighted by Crippen LogP contribution is -2.51. The summed E-state index contributed by atoms with van der Waals surface area (Å²) < 4.78 is 32.3. The van der Waals surface area contributed by atoms with E-state index in [1.807, 2.05) is 30.3 Å². The van der Waals surface area contributed by atoms with Crippen molar-refractivity contribution in [2.45, 2.75) is 36.5 Å². The van der Waals surface area contributed by atoms with Gasteiger partial charge in [-0.15, -0.1) is 0 Å². The number of ether oxygens (including phenoxy) is 1. The van der Waals surface area contributed by atoms with Crippen molar-refractivity contribution in [3.05, 3.63) is 60.2 Å². The maximum absolute atomic E-state index is 12.8. The lowest BCUT2D eigenvalue weighted by Gasteiger charge is -2.34. The Morgan fingerprint density at radius 1 is 1.11 bits per heavy atom. The molecule has 1 saturated heterocycles. The number of carboxylic acids is 1. The summed E-state index contributed by atoms with van der Waals surface area (Å²) in [5.41, 5.74) is 0.991. The molecule has 7 nitrogen and oxygen atoms in total. The molecule has 1 heterocycles. The fourth-order valence-electron chi connectivity index (χ4n) is 3.02. The molecule has 2 unspecified atom stereocenters. The monoisotopic (exact) mass is 391 g/mol. The summed E-state index contributed by atoms with van der Waals surface area (Å²) >= 11 is 0. The molecule has 0 spiro atoms. The fourth-order valence-corrected chi connectivity index (χ4v) is 4.63. The van der Waals surface area contributed by atoms with Crippen LogP contribution in [0.3, 0.4) is 0 Å². The summed E-state index contributed by atoms with van der Waals surface area (Å²) in [4.78, 5) is 11.4. The normalized spacial score (nSPS) is 20.9. The average molecular weight is 391 g/mol. The number of carbonyl (C=O) groups is 1. The molecule has 1 aliphatic rings. The van der Waals surface area contributed by atoms with E-state index >= 15 is 0 Å². The van der Waals surface area contributed by atoms with Crippen molar-refractivity contribution in [1.29, 1.82) is 0 Å². The van der Waals surface area contributed by atoms with E-state index in [1.54, 1.807) is 12.1 Å².